The summed E-state index contributed by atoms with van der Waals surface area (Å²) in [5.74, 6) is -0.927. The second-order valence-corrected chi connectivity index (χ2v) is 7.06. The molecule has 0 aliphatic carbocycles. The number of carbonyl (C=O) groups excluding carboxylic acids is 1. The normalized spacial score (nSPS) is 11.7. The summed E-state index contributed by atoms with van der Waals surface area (Å²) < 4.78 is 0. The van der Waals surface area contributed by atoms with Crippen molar-refractivity contribution in [2.45, 2.75) is 39.5 Å². The number of phenolic OH excluding ortho intramolecular Hbond substituents is 3. The summed E-state index contributed by atoms with van der Waals surface area (Å²) in [5, 5.41) is 38.9. The van der Waals surface area contributed by atoms with Gasteiger partial charge in [-0.15, -0.1) is 0 Å². The van der Waals surface area contributed by atoms with Gasteiger partial charge in [-0.2, -0.15) is 5.26 Å². The average Bonchev–Trinajstić information content (AvgIpc) is 2.61. The number of carbonyl (C=O) groups is 1. The van der Waals surface area contributed by atoms with E-state index in [2.05, 4.69) is 0 Å². The van der Waals surface area contributed by atoms with Gasteiger partial charge in [0.25, 0.3) is 0 Å². The summed E-state index contributed by atoms with van der Waals surface area (Å²) in [6.45, 7) is 7.84. The van der Waals surface area contributed by atoms with Gasteiger partial charge in [0, 0.05) is 5.56 Å². The van der Waals surface area contributed by atoms with Crippen LogP contribution < -0.4 is 0 Å². The first kappa shape index (κ1) is 20.1. The van der Waals surface area contributed by atoms with Crippen LogP contribution in [0.1, 0.15) is 66.6 Å². The molecule has 140 valence electrons. The van der Waals surface area contributed by atoms with E-state index in [0.29, 0.717) is 5.56 Å². The smallest absolute Gasteiger partial charge is 0.203 e. The molecule has 0 bridgehead atoms. The molecule has 0 atom stereocenters. The lowest BCUT2D eigenvalue weighted by Gasteiger charge is -2.16. The zero-order valence-corrected chi connectivity index (χ0v) is 15.8. The summed E-state index contributed by atoms with van der Waals surface area (Å²) in [7, 11) is 0. The molecule has 0 amide bonds. The molecular formula is C22H23NO4. The highest BCUT2D eigenvalue weighted by Crippen LogP contribution is 2.35. The van der Waals surface area contributed by atoms with Gasteiger partial charge in [0.05, 0.1) is 0 Å². The van der Waals surface area contributed by atoms with Crippen LogP contribution in [0, 0.1) is 11.3 Å². The highest BCUT2D eigenvalue weighted by molar-refractivity contribution is 6.14. The van der Waals surface area contributed by atoms with Crippen molar-refractivity contribution >= 4 is 11.9 Å². The van der Waals surface area contributed by atoms with E-state index in [9.17, 15) is 25.4 Å². The Morgan fingerprint density at radius 3 is 1.96 bits per heavy atom. The third kappa shape index (κ3) is 4.29. The number of nitrogens with zero attached hydrogens (tertiary/aromatic N) is 1. The summed E-state index contributed by atoms with van der Waals surface area (Å²) in [5.41, 5.74) is 2.15. The molecule has 5 nitrogen and oxygen atoms in total. The second kappa shape index (κ2) is 7.96. The van der Waals surface area contributed by atoms with E-state index < -0.39 is 11.5 Å². The molecule has 0 fully saturated rings. The van der Waals surface area contributed by atoms with Gasteiger partial charge in [-0.05, 0) is 64.9 Å². The number of allylic oxidation sites excluding steroid dienone is 1. The first-order valence-corrected chi connectivity index (χ1v) is 8.71. The lowest BCUT2D eigenvalue weighted by atomic mass is 9.90. The van der Waals surface area contributed by atoms with Crippen molar-refractivity contribution in [3.8, 4) is 23.3 Å². The molecule has 0 spiro atoms. The van der Waals surface area contributed by atoms with Crippen molar-refractivity contribution in [2.24, 2.45) is 0 Å². The van der Waals surface area contributed by atoms with Crippen LogP contribution in [0.4, 0.5) is 0 Å². The average molecular weight is 365 g/mol. The van der Waals surface area contributed by atoms with Gasteiger partial charge in [0.15, 0.2) is 11.5 Å². The molecular weight excluding hydrogens is 342 g/mol. The number of hydrogen-bond acceptors (Lipinski definition) is 5. The monoisotopic (exact) mass is 365 g/mol. The van der Waals surface area contributed by atoms with E-state index in [1.165, 1.54) is 18.2 Å². The van der Waals surface area contributed by atoms with E-state index in [0.717, 1.165) is 17.2 Å². The first-order chi connectivity index (χ1) is 12.6. The highest BCUT2D eigenvalue weighted by Gasteiger charge is 2.17. The number of nitriles is 1. The molecule has 27 heavy (non-hydrogen) atoms. The fraction of sp³-hybridized carbons (Fsp3) is 0.273. The summed E-state index contributed by atoms with van der Waals surface area (Å²) in [6.07, 6.45) is 1.48. The maximum absolute atomic E-state index is 12.6. The molecule has 0 aromatic heterocycles. The molecule has 2 aromatic carbocycles. The Morgan fingerprint density at radius 1 is 0.963 bits per heavy atom. The third-order valence-electron chi connectivity index (χ3n) is 4.35. The van der Waals surface area contributed by atoms with Gasteiger partial charge < -0.3 is 15.3 Å². The minimum absolute atomic E-state index is 0.0751. The molecule has 0 radical (unpaired) electrons. The van der Waals surface area contributed by atoms with Crippen LogP contribution in [-0.2, 0) is 0 Å². The SMILES string of the molecule is CC(C)c1cc(/C=C(\C#N)C(=O)c2ccc(O)c(O)c2)cc(C(C)C)c1O. The topological polar surface area (TPSA) is 102 Å². The molecule has 0 saturated heterocycles. The van der Waals surface area contributed by atoms with Gasteiger partial charge in [-0.25, -0.2) is 0 Å². The van der Waals surface area contributed by atoms with Gasteiger partial charge in [0.1, 0.15) is 17.4 Å². The van der Waals surface area contributed by atoms with Crippen LogP contribution in [-0.4, -0.2) is 21.1 Å². The van der Waals surface area contributed by atoms with Crippen molar-refractivity contribution in [3.05, 3.63) is 58.2 Å². The van der Waals surface area contributed by atoms with Crippen molar-refractivity contribution < 1.29 is 20.1 Å². The molecule has 0 heterocycles. The summed E-state index contributed by atoms with van der Waals surface area (Å²) in [4.78, 5) is 12.6. The highest BCUT2D eigenvalue weighted by atomic mass is 16.3. The zero-order chi connectivity index (χ0) is 20.3. The molecule has 0 aliphatic heterocycles. The predicted molar refractivity (Wildman–Crippen MR) is 104 cm³/mol. The molecule has 5 heteroatoms. The number of hydrogen-bond donors (Lipinski definition) is 3. The van der Waals surface area contributed by atoms with Crippen LogP contribution in [0.25, 0.3) is 6.08 Å². The summed E-state index contributed by atoms with van der Waals surface area (Å²) in [6, 6.07) is 9.11. The Bertz CT molecular complexity index is 920. The second-order valence-electron chi connectivity index (χ2n) is 7.06. The largest absolute Gasteiger partial charge is 0.507 e. The maximum atomic E-state index is 12.6. The Kier molecular flexibility index (Phi) is 5.91. The molecule has 0 saturated carbocycles. The van der Waals surface area contributed by atoms with E-state index >= 15 is 0 Å². The number of Topliss-reactive ketones (excluding diaryl/α,β-unsaturated/α-hetero) is 1. The predicted octanol–water partition coefficient (Wildman–Crippen LogP) is 4.84. The maximum Gasteiger partial charge on any atom is 0.203 e. The molecule has 2 rings (SSSR count). The number of phenols is 3. The number of benzene rings is 2. The van der Waals surface area contributed by atoms with E-state index in [4.69, 9.17) is 0 Å². The van der Waals surface area contributed by atoms with Gasteiger partial charge >= 0.3 is 0 Å². The number of aromatic hydroxyl groups is 3. The van der Waals surface area contributed by atoms with E-state index in [-0.39, 0.29) is 34.5 Å². The van der Waals surface area contributed by atoms with Crippen LogP contribution >= 0.6 is 0 Å². The fourth-order valence-electron chi connectivity index (χ4n) is 2.80. The lowest BCUT2D eigenvalue weighted by molar-refractivity contribution is 0.103. The number of rotatable bonds is 5. The summed E-state index contributed by atoms with van der Waals surface area (Å²) >= 11 is 0. The number of ketones is 1. The van der Waals surface area contributed by atoms with Crippen molar-refractivity contribution in [1.82, 2.24) is 0 Å². The molecule has 3 N–H and O–H groups in total. The van der Waals surface area contributed by atoms with Crippen molar-refractivity contribution in [2.75, 3.05) is 0 Å². The third-order valence-corrected chi connectivity index (χ3v) is 4.35. The minimum Gasteiger partial charge on any atom is -0.507 e. The Hall–Kier alpha value is -3.26. The Balaban J connectivity index is 2.55. The van der Waals surface area contributed by atoms with Crippen LogP contribution in [0.2, 0.25) is 0 Å². The Morgan fingerprint density at radius 2 is 1.52 bits per heavy atom. The molecule has 0 aliphatic rings. The molecule has 0 unspecified atom stereocenters. The van der Waals surface area contributed by atoms with Crippen molar-refractivity contribution in [1.29, 1.82) is 5.26 Å². The van der Waals surface area contributed by atoms with Crippen LogP contribution in [0.5, 0.6) is 17.2 Å². The van der Waals surface area contributed by atoms with Gasteiger partial charge in [-0.1, -0.05) is 27.7 Å². The van der Waals surface area contributed by atoms with E-state index in [1.807, 2.05) is 33.8 Å². The fourth-order valence-corrected chi connectivity index (χ4v) is 2.80. The first-order valence-electron chi connectivity index (χ1n) is 8.71. The minimum atomic E-state index is -0.557. The quantitative estimate of drug-likeness (QED) is 0.304. The van der Waals surface area contributed by atoms with Crippen LogP contribution in [0.3, 0.4) is 0 Å². The standard InChI is InChI=1S/C22H23NO4/c1-12(2)17-8-14(9-18(13(3)4)22(17)27)7-16(11-23)21(26)15-5-6-19(24)20(25)10-15/h5-10,12-13,24-25,27H,1-4H3/b16-7+. The zero-order valence-electron chi connectivity index (χ0n) is 15.8. The van der Waals surface area contributed by atoms with E-state index in [1.54, 1.807) is 12.1 Å². The Labute approximate surface area is 158 Å². The van der Waals surface area contributed by atoms with Crippen molar-refractivity contribution in [3.63, 3.8) is 0 Å². The molecule has 2 aromatic rings. The van der Waals surface area contributed by atoms with Crippen LogP contribution in [0.15, 0.2) is 35.9 Å². The van der Waals surface area contributed by atoms with Gasteiger partial charge in [-0.3, -0.25) is 4.79 Å². The lowest BCUT2D eigenvalue weighted by Crippen LogP contribution is -2.02. The van der Waals surface area contributed by atoms with Gasteiger partial charge in [0.2, 0.25) is 5.78 Å².